The second kappa shape index (κ2) is 6.64. The van der Waals surface area contributed by atoms with Crippen molar-refractivity contribution in [3.63, 3.8) is 0 Å². The summed E-state index contributed by atoms with van der Waals surface area (Å²) in [5.41, 5.74) is 1.66. The molecule has 0 saturated carbocycles. The predicted octanol–water partition coefficient (Wildman–Crippen LogP) is 5.05. The van der Waals surface area contributed by atoms with E-state index in [2.05, 4.69) is 28.2 Å². The lowest BCUT2D eigenvalue weighted by Crippen LogP contribution is -2.22. The van der Waals surface area contributed by atoms with Crippen molar-refractivity contribution in [3.8, 4) is 0 Å². The van der Waals surface area contributed by atoms with E-state index in [0.717, 1.165) is 23.0 Å². The number of thiophene rings is 1. The molecule has 1 heterocycles. The van der Waals surface area contributed by atoms with Crippen molar-refractivity contribution in [2.24, 2.45) is 0 Å². The van der Waals surface area contributed by atoms with Crippen molar-refractivity contribution >= 4 is 27.3 Å². The van der Waals surface area contributed by atoms with Crippen LogP contribution >= 0.6 is 27.3 Å². The van der Waals surface area contributed by atoms with Crippen LogP contribution in [0.1, 0.15) is 35.4 Å². The van der Waals surface area contributed by atoms with Crippen molar-refractivity contribution in [2.45, 2.75) is 26.3 Å². The number of hydrogen-bond acceptors (Lipinski definition) is 2. The van der Waals surface area contributed by atoms with Gasteiger partial charge in [-0.05, 0) is 64.5 Å². The predicted molar refractivity (Wildman–Crippen MR) is 83.3 cm³/mol. The number of rotatable bonds is 5. The zero-order valence-corrected chi connectivity index (χ0v) is 13.4. The van der Waals surface area contributed by atoms with Crippen LogP contribution in [0.4, 0.5) is 4.39 Å². The zero-order valence-electron chi connectivity index (χ0n) is 11.0. The van der Waals surface area contributed by atoms with Crippen LogP contribution in [0.5, 0.6) is 0 Å². The summed E-state index contributed by atoms with van der Waals surface area (Å²) in [6, 6.07) is 7.55. The molecule has 0 aliphatic rings. The Labute approximate surface area is 126 Å². The highest BCUT2D eigenvalue weighted by atomic mass is 79.9. The fourth-order valence-corrected chi connectivity index (χ4v) is 3.65. The molecule has 1 nitrogen and oxygen atoms in total. The maximum atomic E-state index is 13.8. The van der Waals surface area contributed by atoms with Crippen molar-refractivity contribution in [2.75, 3.05) is 6.54 Å². The van der Waals surface area contributed by atoms with Gasteiger partial charge in [-0.1, -0.05) is 19.1 Å². The molecule has 1 aromatic carbocycles. The molecule has 2 aromatic rings. The van der Waals surface area contributed by atoms with Crippen LogP contribution in [0.3, 0.4) is 0 Å². The summed E-state index contributed by atoms with van der Waals surface area (Å²) in [4.78, 5) is 1.19. The average Bonchev–Trinajstić information content (AvgIpc) is 2.80. The normalized spacial score (nSPS) is 12.6. The SMILES string of the molecule is CCCNC(c1ccc(C)c(F)c1)c1sccc1Br. The van der Waals surface area contributed by atoms with E-state index in [4.69, 9.17) is 0 Å². The highest BCUT2D eigenvalue weighted by molar-refractivity contribution is 9.10. The lowest BCUT2D eigenvalue weighted by molar-refractivity contribution is 0.586. The van der Waals surface area contributed by atoms with Crippen LogP contribution in [0, 0.1) is 12.7 Å². The highest BCUT2D eigenvalue weighted by Crippen LogP contribution is 2.33. The fourth-order valence-electron chi connectivity index (χ4n) is 1.95. The minimum atomic E-state index is -0.145. The maximum Gasteiger partial charge on any atom is 0.126 e. The average molecular weight is 342 g/mol. The summed E-state index contributed by atoms with van der Waals surface area (Å²) >= 11 is 5.25. The molecule has 0 radical (unpaired) electrons. The second-order valence-corrected chi connectivity index (χ2v) is 6.33. The Bertz CT molecular complexity index is 553. The van der Waals surface area contributed by atoms with E-state index in [9.17, 15) is 4.39 Å². The van der Waals surface area contributed by atoms with Gasteiger partial charge in [0.25, 0.3) is 0 Å². The Kier molecular flexibility index (Phi) is 5.13. The van der Waals surface area contributed by atoms with E-state index < -0.39 is 0 Å². The number of nitrogens with one attached hydrogen (secondary N) is 1. The van der Waals surface area contributed by atoms with Crippen LogP contribution in [0.15, 0.2) is 34.1 Å². The van der Waals surface area contributed by atoms with Gasteiger partial charge in [-0.3, -0.25) is 0 Å². The Morgan fingerprint density at radius 3 is 2.74 bits per heavy atom. The molecule has 4 heteroatoms. The molecule has 0 aliphatic heterocycles. The molecular weight excluding hydrogens is 325 g/mol. The van der Waals surface area contributed by atoms with Gasteiger partial charge in [0, 0.05) is 9.35 Å². The Morgan fingerprint density at radius 1 is 1.37 bits per heavy atom. The van der Waals surface area contributed by atoms with Gasteiger partial charge in [0.15, 0.2) is 0 Å². The molecule has 102 valence electrons. The summed E-state index contributed by atoms with van der Waals surface area (Å²) in [6.07, 6.45) is 1.05. The zero-order chi connectivity index (χ0) is 13.8. The molecule has 1 aromatic heterocycles. The van der Waals surface area contributed by atoms with Gasteiger partial charge in [0.2, 0.25) is 0 Å². The second-order valence-electron chi connectivity index (χ2n) is 4.53. The quantitative estimate of drug-likeness (QED) is 0.802. The lowest BCUT2D eigenvalue weighted by Gasteiger charge is -2.19. The van der Waals surface area contributed by atoms with E-state index in [-0.39, 0.29) is 11.9 Å². The van der Waals surface area contributed by atoms with Crippen LogP contribution < -0.4 is 5.32 Å². The van der Waals surface area contributed by atoms with Crippen LogP contribution in [0.2, 0.25) is 0 Å². The Morgan fingerprint density at radius 2 is 2.16 bits per heavy atom. The number of aryl methyl sites for hydroxylation is 1. The summed E-state index contributed by atoms with van der Waals surface area (Å²) in [7, 11) is 0. The third kappa shape index (κ3) is 3.44. The van der Waals surface area contributed by atoms with Crippen molar-refractivity contribution in [3.05, 3.63) is 55.9 Å². The molecule has 19 heavy (non-hydrogen) atoms. The van der Waals surface area contributed by atoms with E-state index >= 15 is 0 Å². The monoisotopic (exact) mass is 341 g/mol. The fraction of sp³-hybridized carbons (Fsp3) is 0.333. The van der Waals surface area contributed by atoms with Gasteiger partial charge in [0.05, 0.1) is 6.04 Å². The summed E-state index contributed by atoms with van der Waals surface area (Å²) in [5.74, 6) is -0.145. The van der Waals surface area contributed by atoms with E-state index in [1.165, 1.54) is 4.88 Å². The molecular formula is C15H17BrFNS. The molecule has 1 atom stereocenters. The van der Waals surface area contributed by atoms with Gasteiger partial charge in [-0.15, -0.1) is 11.3 Å². The van der Waals surface area contributed by atoms with E-state index in [0.29, 0.717) is 5.56 Å². The third-order valence-corrected chi connectivity index (χ3v) is 4.97. The first-order chi connectivity index (χ1) is 9.13. The number of halogens is 2. The molecule has 0 amide bonds. The summed E-state index contributed by atoms with van der Waals surface area (Å²) in [5, 5.41) is 5.54. The molecule has 2 rings (SSSR count). The van der Waals surface area contributed by atoms with Gasteiger partial charge < -0.3 is 5.32 Å². The topological polar surface area (TPSA) is 12.0 Å². The molecule has 0 aliphatic carbocycles. The minimum absolute atomic E-state index is 0.0458. The molecule has 0 saturated heterocycles. The Balaban J connectivity index is 2.37. The minimum Gasteiger partial charge on any atom is -0.306 e. The lowest BCUT2D eigenvalue weighted by atomic mass is 10.0. The van der Waals surface area contributed by atoms with Crippen LogP contribution in [0.25, 0.3) is 0 Å². The van der Waals surface area contributed by atoms with Crippen LogP contribution in [-0.4, -0.2) is 6.54 Å². The first-order valence-corrected chi connectivity index (χ1v) is 8.03. The van der Waals surface area contributed by atoms with Gasteiger partial charge >= 0.3 is 0 Å². The van der Waals surface area contributed by atoms with Gasteiger partial charge in [-0.25, -0.2) is 4.39 Å². The van der Waals surface area contributed by atoms with Crippen molar-refractivity contribution in [1.82, 2.24) is 5.32 Å². The Hall–Kier alpha value is -0.710. The molecule has 1 N–H and O–H groups in total. The number of benzene rings is 1. The largest absolute Gasteiger partial charge is 0.306 e. The summed E-state index contributed by atoms with van der Waals surface area (Å²) < 4.78 is 14.8. The molecule has 0 fully saturated rings. The highest BCUT2D eigenvalue weighted by Gasteiger charge is 2.18. The van der Waals surface area contributed by atoms with Crippen molar-refractivity contribution in [1.29, 1.82) is 0 Å². The number of hydrogen-bond donors (Lipinski definition) is 1. The first-order valence-electron chi connectivity index (χ1n) is 6.35. The van der Waals surface area contributed by atoms with Gasteiger partial charge in [0.1, 0.15) is 5.82 Å². The maximum absolute atomic E-state index is 13.8. The van der Waals surface area contributed by atoms with Gasteiger partial charge in [-0.2, -0.15) is 0 Å². The molecule has 0 spiro atoms. The standard InChI is InChI=1S/C15H17BrFNS/c1-3-7-18-14(15-12(16)6-8-19-15)11-5-4-10(2)13(17)9-11/h4-6,8-9,14,18H,3,7H2,1-2H3. The first kappa shape index (κ1) is 14.7. The van der Waals surface area contributed by atoms with E-state index in [1.54, 1.807) is 24.3 Å². The third-order valence-electron chi connectivity index (χ3n) is 3.03. The van der Waals surface area contributed by atoms with Crippen molar-refractivity contribution < 1.29 is 4.39 Å². The molecule has 0 bridgehead atoms. The van der Waals surface area contributed by atoms with Crippen LogP contribution in [-0.2, 0) is 0 Å². The molecule has 1 unspecified atom stereocenters. The van der Waals surface area contributed by atoms with E-state index in [1.807, 2.05) is 23.6 Å². The smallest absolute Gasteiger partial charge is 0.126 e. The summed E-state index contributed by atoms with van der Waals surface area (Å²) in [6.45, 7) is 4.82.